The summed E-state index contributed by atoms with van der Waals surface area (Å²) in [5.41, 5.74) is 2.97. The van der Waals surface area contributed by atoms with Crippen LogP contribution in [-0.2, 0) is 16.0 Å². The molecular formula is C21H24ClNO3. The van der Waals surface area contributed by atoms with Crippen LogP contribution in [0.1, 0.15) is 42.1 Å². The van der Waals surface area contributed by atoms with Gasteiger partial charge in [-0.1, -0.05) is 48.0 Å². The maximum Gasteiger partial charge on any atom is 0.315 e. The van der Waals surface area contributed by atoms with Crippen LogP contribution < -0.4 is 5.32 Å². The van der Waals surface area contributed by atoms with Gasteiger partial charge in [-0.25, -0.2) is 0 Å². The van der Waals surface area contributed by atoms with E-state index in [2.05, 4.69) is 11.4 Å². The number of hydrogen-bond acceptors (Lipinski definition) is 4. The number of aliphatic hydroxyl groups is 1. The summed E-state index contributed by atoms with van der Waals surface area (Å²) >= 11 is 6.00. The molecule has 3 rings (SSSR count). The highest BCUT2D eigenvalue weighted by Gasteiger charge is 2.35. The van der Waals surface area contributed by atoms with Gasteiger partial charge in [0.1, 0.15) is 0 Å². The predicted octanol–water partition coefficient (Wildman–Crippen LogP) is 3.62. The van der Waals surface area contributed by atoms with Crippen LogP contribution in [0.5, 0.6) is 0 Å². The van der Waals surface area contributed by atoms with Gasteiger partial charge in [0.2, 0.25) is 0 Å². The number of carbonyl (C=O) groups excluding carboxylic acids is 1. The lowest BCUT2D eigenvalue weighted by atomic mass is 9.79. The molecule has 4 nitrogen and oxygen atoms in total. The van der Waals surface area contributed by atoms with Gasteiger partial charge >= 0.3 is 5.97 Å². The summed E-state index contributed by atoms with van der Waals surface area (Å²) in [6.07, 6.45) is 1.04. The molecule has 0 bridgehead atoms. The molecule has 0 radical (unpaired) electrons. The maximum atomic E-state index is 12.6. The van der Waals surface area contributed by atoms with Crippen LogP contribution in [0, 0.1) is 0 Å². The van der Waals surface area contributed by atoms with Gasteiger partial charge in [-0.05, 0) is 48.6 Å². The molecule has 2 N–H and O–H groups in total. The Morgan fingerprint density at radius 2 is 2.12 bits per heavy atom. The first-order valence-electron chi connectivity index (χ1n) is 9.01. The van der Waals surface area contributed by atoms with E-state index in [1.807, 2.05) is 37.3 Å². The third-order valence-corrected chi connectivity index (χ3v) is 5.10. The largest absolute Gasteiger partial charge is 0.465 e. The van der Waals surface area contributed by atoms with Crippen LogP contribution in [0.4, 0.5) is 0 Å². The number of esters is 1. The molecule has 3 unspecified atom stereocenters. The molecule has 1 aliphatic carbocycles. The first-order chi connectivity index (χ1) is 12.6. The lowest BCUT2D eigenvalue weighted by Gasteiger charge is -2.33. The second-order valence-electron chi connectivity index (χ2n) is 6.55. The van der Waals surface area contributed by atoms with Gasteiger partial charge in [-0.2, -0.15) is 0 Å². The van der Waals surface area contributed by atoms with Crippen molar-refractivity contribution in [3.05, 3.63) is 70.2 Å². The zero-order valence-electron chi connectivity index (χ0n) is 14.8. The van der Waals surface area contributed by atoms with E-state index in [9.17, 15) is 9.90 Å². The lowest BCUT2D eigenvalue weighted by molar-refractivity contribution is -0.146. The van der Waals surface area contributed by atoms with E-state index in [0.29, 0.717) is 18.2 Å². The highest BCUT2D eigenvalue weighted by atomic mass is 35.5. The highest BCUT2D eigenvalue weighted by molar-refractivity contribution is 6.30. The average molecular weight is 374 g/mol. The molecule has 2 aromatic carbocycles. The summed E-state index contributed by atoms with van der Waals surface area (Å²) in [4.78, 5) is 12.6. The van der Waals surface area contributed by atoms with Gasteiger partial charge in [-0.15, -0.1) is 0 Å². The Morgan fingerprint density at radius 3 is 2.88 bits per heavy atom. The molecule has 0 aromatic heterocycles. The van der Waals surface area contributed by atoms with Crippen molar-refractivity contribution in [2.75, 3.05) is 13.2 Å². The fourth-order valence-corrected chi connectivity index (χ4v) is 3.80. The van der Waals surface area contributed by atoms with Crippen molar-refractivity contribution >= 4 is 17.6 Å². The topological polar surface area (TPSA) is 58.6 Å². The first kappa shape index (κ1) is 18.9. The number of nitrogens with one attached hydrogen (secondary N) is 1. The van der Waals surface area contributed by atoms with Crippen molar-refractivity contribution in [3.8, 4) is 0 Å². The van der Waals surface area contributed by atoms with E-state index in [0.717, 1.165) is 24.0 Å². The molecule has 0 amide bonds. The van der Waals surface area contributed by atoms with E-state index in [1.54, 1.807) is 12.1 Å². The standard InChI is InChI=1S/C21H24ClNO3/c1-2-26-21(25)20-17-9-4-3-6-14(17)10-11-18(20)23-13-19(24)15-7-5-8-16(22)12-15/h3-9,12,18-20,23-24H,2,10-11,13H2,1H3. The van der Waals surface area contributed by atoms with E-state index < -0.39 is 6.10 Å². The van der Waals surface area contributed by atoms with Crippen molar-refractivity contribution in [2.45, 2.75) is 37.8 Å². The second kappa shape index (κ2) is 8.67. The number of aliphatic hydroxyl groups excluding tert-OH is 1. The number of halogens is 1. The molecule has 5 heteroatoms. The predicted molar refractivity (Wildman–Crippen MR) is 102 cm³/mol. The fraction of sp³-hybridized carbons (Fsp3) is 0.381. The number of carbonyl (C=O) groups is 1. The van der Waals surface area contributed by atoms with Gasteiger partial charge in [0.05, 0.1) is 18.6 Å². The summed E-state index contributed by atoms with van der Waals surface area (Å²) in [5.74, 6) is -0.569. The summed E-state index contributed by atoms with van der Waals surface area (Å²) in [6, 6.07) is 15.1. The Hall–Kier alpha value is -1.88. The first-order valence-corrected chi connectivity index (χ1v) is 9.39. The van der Waals surface area contributed by atoms with Crippen LogP contribution in [0.15, 0.2) is 48.5 Å². The molecule has 0 saturated heterocycles. The number of fused-ring (bicyclic) bond motifs is 1. The van der Waals surface area contributed by atoms with Crippen LogP contribution in [-0.4, -0.2) is 30.3 Å². The van der Waals surface area contributed by atoms with Gasteiger partial charge in [0.15, 0.2) is 0 Å². The van der Waals surface area contributed by atoms with Crippen LogP contribution in [0.25, 0.3) is 0 Å². The molecule has 26 heavy (non-hydrogen) atoms. The van der Waals surface area contributed by atoms with Crippen molar-refractivity contribution in [3.63, 3.8) is 0 Å². The maximum absolute atomic E-state index is 12.6. The summed E-state index contributed by atoms with van der Waals surface area (Å²) < 4.78 is 5.32. The monoisotopic (exact) mass is 373 g/mol. The Morgan fingerprint density at radius 1 is 1.31 bits per heavy atom. The molecule has 0 fully saturated rings. The third kappa shape index (κ3) is 4.26. The Balaban J connectivity index is 1.74. The SMILES string of the molecule is CCOC(=O)C1c2ccccc2CCC1NCC(O)c1cccc(Cl)c1. The molecule has 0 saturated carbocycles. The smallest absolute Gasteiger partial charge is 0.315 e. The lowest BCUT2D eigenvalue weighted by Crippen LogP contribution is -2.44. The highest BCUT2D eigenvalue weighted by Crippen LogP contribution is 2.33. The zero-order valence-corrected chi connectivity index (χ0v) is 15.6. The Kier molecular flexibility index (Phi) is 6.30. The summed E-state index contributed by atoms with van der Waals surface area (Å²) in [5, 5.41) is 14.4. The molecule has 1 aliphatic rings. The minimum Gasteiger partial charge on any atom is -0.465 e. The number of benzene rings is 2. The van der Waals surface area contributed by atoms with Crippen LogP contribution in [0.2, 0.25) is 5.02 Å². The molecule has 0 aliphatic heterocycles. The second-order valence-corrected chi connectivity index (χ2v) is 6.99. The molecule has 0 heterocycles. The number of ether oxygens (including phenoxy) is 1. The Labute approximate surface area is 159 Å². The van der Waals surface area contributed by atoms with E-state index >= 15 is 0 Å². The van der Waals surface area contributed by atoms with Crippen molar-refractivity contribution < 1.29 is 14.6 Å². The average Bonchev–Trinajstić information content (AvgIpc) is 2.65. The van der Waals surface area contributed by atoms with Gasteiger partial charge in [0.25, 0.3) is 0 Å². The van der Waals surface area contributed by atoms with Crippen molar-refractivity contribution in [2.24, 2.45) is 0 Å². The van der Waals surface area contributed by atoms with Crippen LogP contribution >= 0.6 is 11.6 Å². The molecular weight excluding hydrogens is 350 g/mol. The minimum absolute atomic E-state index is 0.0715. The van der Waals surface area contributed by atoms with E-state index in [-0.39, 0.29) is 17.9 Å². The molecule has 138 valence electrons. The van der Waals surface area contributed by atoms with Crippen molar-refractivity contribution in [1.82, 2.24) is 5.32 Å². The van der Waals surface area contributed by atoms with Gasteiger partial charge in [-0.3, -0.25) is 4.79 Å². The molecule has 3 atom stereocenters. The van der Waals surface area contributed by atoms with Gasteiger partial charge < -0.3 is 15.2 Å². The summed E-state index contributed by atoms with van der Waals surface area (Å²) in [6.45, 7) is 2.52. The van der Waals surface area contributed by atoms with Crippen LogP contribution in [0.3, 0.4) is 0 Å². The third-order valence-electron chi connectivity index (χ3n) is 4.86. The normalized spacial score (nSPS) is 20.3. The molecule has 0 spiro atoms. The minimum atomic E-state index is -0.686. The zero-order chi connectivity index (χ0) is 18.5. The number of aryl methyl sites for hydroxylation is 1. The van der Waals surface area contributed by atoms with Crippen molar-refractivity contribution in [1.29, 1.82) is 0 Å². The van der Waals surface area contributed by atoms with E-state index in [1.165, 1.54) is 5.56 Å². The van der Waals surface area contributed by atoms with E-state index in [4.69, 9.17) is 16.3 Å². The quantitative estimate of drug-likeness (QED) is 0.759. The fourth-order valence-electron chi connectivity index (χ4n) is 3.60. The number of rotatable bonds is 6. The van der Waals surface area contributed by atoms with Gasteiger partial charge in [0, 0.05) is 17.6 Å². The summed E-state index contributed by atoms with van der Waals surface area (Å²) in [7, 11) is 0. The molecule has 2 aromatic rings. The Bertz CT molecular complexity index is 764. The number of hydrogen-bond donors (Lipinski definition) is 2.